The number of halogens is 5. The van der Waals surface area contributed by atoms with Crippen molar-refractivity contribution in [3.05, 3.63) is 70.5 Å². The Kier molecular flexibility index (Phi) is 4.71. The first-order valence-corrected chi connectivity index (χ1v) is 7.25. The van der Waals surface area contributed by atoms with Crippen LogP contribution in [-0.2, 0) is 12.6 Å². The SMILES string of the molecule is Cc1ccc(C(Br)Cc2ccc(C(F)(F)F)cc2)cc1F. The standard InChI is InChI=1S/C16H13BrF4/c1-10-2-5-12(9-15(10)18)14(17)8-11-3-6-13(7-4-11)16(19,20)21/h2-7,9,14H,8H2,1H3. The molecular formula is C16H13BrF4. The van der Waals surface area contributed by atoms with Crippen LogP contribution in [0.4, 0.5) is 17.6 Å². The highest BCUT2D eigenvalue weighted by atomic mass is 79.9. The highest BCUT2D eigenvalue weighted by molar-refractivity contribution is 9.09. The topological polar surface area (TPSA) is 0 Å². The number of hydrogen-bond acceptors (Lipinski definition) is 0. The van der Waals surface area contributed by atoms with Gasteiger partial charge in [-0.1, -0.05) is 40.2 Å². The van der Waals surface area contributed by atoms with Gasteiger partial charge in [-0.2, -0.15) is 13.2 Å². The minimum Gasteiger partial charge on any atom is -0.207 e. The summed E-state index contributed by atoms with van der Waals surface area (Å²) in [6, 6.07) is 9.95. The highest BCUT2D eigenvalue weighted by Crippen LogP contribution is 2.31. The van der Waals surface area contributed by atoms with E-state index in [-0.39, 0.29) is 10.6 Å². The summed E-state index contributed by atoms with van der Waals surface area (Å²) in [6.45, 7) is 1.68. The van der Waals surface area contributed by atoms with E-state index in [2.05, 4.69) is 15.9 Å². The minimum atomic E-state index is -4.33. The zero-order valence-electron chi connectivity index (χ0n) is 11.2. The Balaban J connectivity index is 2.12. The van der Waals surface area contributed by atoms with Gasteiger partial charge in [-0.15, -0.1) is 0 Å². The van der Waals surface area contributed by atoms with Crippen LogP contribution in [0.25, 0.3) is 0 Å². The van der Waals surface area contributed by atoms with Crippen molar-refractivity contribution in [1.29, 1.82) is 0 Å². The van der Waals surface area contributed by atoms with E-state index in [0.29, 0.717) is 12.0 Å². The largest absolute Gasteiger partial charge is 0.416 e. The van der Waals surface area contributed by atoms with Gasteiger partial charge in [0.25, 0.3) is 0 Å². The van der Waals surface area contributed by atoms with E-state index in [1.165, 1.54) is 18.2 Å². The van der Waals surface area contributed by atoms with Gasteiger partial charge in [-0.3, -0.25) is 0 Å². The number of alkyl halides is 4. The van der Waals surface area contributed by atoms with Crippen molar-refractivity contribution in [1.82, 2.24) is 0 Å². The smallest absolute Gasteiger partial charge is 0.207 e. The Morgan fingerprint density at radius 2 is 1.67 bits per heavy atom. The fraction of sp³-hybridized carbons (Fsp3) is 0.250. The van der Waals surface area contributed by atoms with Crippen LogP contribution in [0.15, 0.2) is 42.5 Å². The van der Waals surface area contributed by atoms with Crippen LogP contribution in [0.5, 0.6) is 0 Å². The van der Waals surface area contributed by atoms with Crippen molar-refractivity contribution in [2.45, 2.75) is 24.3 Å². The maximum absolute atomic E-state index is 13.5. The zero-order chi connectivity index (χ0) is 15.6. The summed E-state index contributed by atoms with van der Waals surface area (Å²) in [5.74, 6) is -0.288. The molecule has 2 aromatic rings. The molecule has 0 nitrogen and oxygen atoms in total. The quantitative estimate of drug-likeness (QED) is 0.477. The third-order valence-corrected chi connectivity index (χ3v) is 4.11. The average Bonchev–Trinajstić information content (AvgIpc) is 2.41. The van der Waals surface area contributed by atoms with Gasteiger partial charge in [0.15, 0.2) is 0 Å². The third-order valence-electron chi connectivity index (χ3n) is 3.25. The molecule has 0 fully saturated rings. The van der Waals surface area contributed by atoms with Gasteiger partial charge < -0.3 is 0 Å². The van der Waals surface area contributed by atoms with Crippen molar-refractivity contribution in [2.75, 3.05) is 0 Å². The number of aryl methyl sites for hydroxylation is 1. The van der Waals surface area contributed by atoms with E-state index in [1.807, 2.05) is 6.07 Å². The van der Waals surface area contributed by atoms with Gasteiger partial charge in [-0.05, 0) is 48.2 Å². The maximum atomic E-state index is 13.5. The van der Waals surface area contributed by atoms with Crippen molar-refractivity contribution >= 4 is 15.9 Å². The molecule has 0 aliphatic carbocycles. The van der Waals surface area contributed by atoms with Gasteiger partial charge in [-0.25, -0.2) is 4.39 Å². The van der Waals surface area contributed by atoms with Crippen molar-refractivity contribution in [3.8, 4) is 0 Å². The summed E-state index contributed by atoms with van der Waals surface area (Å²) in [5.41, 5.74) is 1.41. The van der Waals surface area contributed by atoms with Crippen molar-refractivity contribution < 1.29 is 17.6 Å². The summed E-state index contributed by atoms with van der Waals surface area (Å²) in [4.78, 5) is -0.149. The van der Waals surface area contributed by atoms with Crippen LogP contribution >= 0.6 is 15.9 Å². The average molecular weight is 361 g/mol. The first kappa shape index (κ1) is 16.0. The minimum absolute atomic E-state index is 0.149. The van der Waals surface area contributed by atoms with E-state index in [9.17, 15) is 17.6 Å². The molecule has 0 aliphatic rings. The molecule has 0 bridgehead atoms. The fourth-order valence-electron chi connectivity index (χ4n) is 1.96. The third kappa shape index (κ3) is 4.06. The van der Waals surface area contributed by atoms with Gasteiger partial charge >= 0.3 is 6.18 Å². The molecular weight excluding hydrogens is 348 g/mol. The highest BCUT2D eigenvalue weighted by Gasteiger charge is 2.29. The first-order chi connectivity index (χ1) is 9.77. The van der Waals surface area contributed by atoms with Crippen LogP contribution in [0.3, 0.4) is 0 Å². The molecule has 112 valence electrons. The Hall–Kier alpha value is -1.36. The van der Waals surface area contributed by atoms with E-state index >= 15 is 0 Å². The molecule has 0 spiro atoms. The molecule has 0 heterocycles. The van der Waals surface area contributed by atoms with Gasteiger partial charge in [0.05, 0.1) is 5.56 Å². The van der Waals surface area contributed by atoms with Crippen LogP contribution in [0, 0.1) is 12.7 Å². The molecule has 0 aromatic heterocycles. The van der Waals surface area contributed by atoms with Gasteiger partial charge in [0.2, 0.25) is 0 Å². The van der Waals surface area contributed by atoms with Crippen LogP contribution < -0.4 is 0 Å². The molecule has 0 amide bonds. The molecule has 5 heteroatoms. The summed E-state index contributed by atoms with van der Waals surface area (Å²) >= 11 is 3.45. The molecule has 0 aliphatic heterocycles. The zero-order valence-corrected chi connectivity index (χ0v) is 12.8. The summed E-state index contributed by atoms with van der Waals surface area (Å²) in [7, 11) is 0. The van der Waals surface area contributed by atoms with E-state index in [4.69, 9.17) is 0 Å². The lowest BCUT2D eigenvalue weighted by molar-refractivity contribution is -0.137. The van der Waals surface area contributed by atoms with Crippen LogP contribution in [-0.4, -0.2) is 0 Å². The van der Waals surface area contributed by atoms with E-state index in [0.717, 1.165) is 23.3 Å². The Morgan fingerprint density at radius 3 is 2.19 bits per heavy atom. The second-order valence-corrected chi connectivity index (χ2v) is 5.98. The lowest BCUT2D eigenvalue weighted by Crippen LogP contribution is -2.05. The summed E-state index contributed by atoms with van der Waals surface area (Å²) in [6.07, 6.45) is -3.84. The second-order valence-electron chi connectivity index (χ2n) is 4.87. The molecule has 1 unspecified atom stereocenters. The van der Waals surface area contributed by atoms with Crippen molar-refractivity contribution in [3.63, 3.8) is 0 Å². The lowest BCUT2D eigenvalue weighted by Gasteiger charge is -2.12. The molecule has 0 saturated carbocycles. The monoisotopic (exact) mass is 360 g/mol. The maximum Gasteiger partial charge on any atom is 0.416 e. The van der Waals surface area contributed by atoms with Crippen molar-refractivity contribution in [2.24, 2.45) is 0 Å². The Bertz CT molecular complexity index is 617. The lowest BCUT2D eigenvalue weighted by atomic mass is 10.0. The van der Waals surface area contributed by atoms with Crippen LogP contribution in [0.2, 0.25) is 0 Å². The molecule has 0 radical (unpaired) electrons. The molecule has 21 heavy (non-hydrogen) atoms. The number of benzene rings is 2. The fourth-order valence-corrected chi connectivity index (χ4v) is 2.62. The predicted molar refractivity (Wildman–Crippen MR) is 78.0 cm³/mol. The Morgan fingerprint density at radius 1 is 1.05 bits per heavy atom. The Labute approximate surface area is 128 Å². The second kappa shape index (κ2) is 6.18. The van der Waals surface area contributed by atoms with E-state index < -0.39 is 11.7 Å². The van der Waals surface area contributed by atoms with E-state index in [1.54, 1.807) is 13.0 Å². The molecule has 2 aromatic carbocycles. The number of hydrogen-bond donors (Lipinski definition) is 0. The molecule has 0 saturated heterocycles. The molecule has 2 rings (SSSR count). The molecule has 1 atom stereocenters. The number of rotatable bonds is 3. The van der Waals surface area contributed by atoms with Gasteiger partial charge in [0, 0.05) is 4.83 Å². The summed E-state index contributed by atoms with van der Waals surface area (Å²) < 4.78 is 51.0. The summed E-state index contributed by atoms with van der Waals surface area (Å²) in [5, 5.41) is 0. The molecule has 0 N–H and O–H groups in total. The van der Waals surface area contributed by atoms with Crippen LogP contribution in [0.1, 0.15) is 27.1 Å². The van der Waals surface area contributed by atoms with Gasteiger partial charge in [0.1, 0.15) is 5.82 Å². The normalized spacial score (nSPS) is 13.2. The first-order valence-electron chi connectivity index (χ1n) is 6.33. The predicted octanol–water partition coefficient (Wildman–Crippen LogP) is 5.83.